The molecule has 4 heteroatoms. The quantitative estimate of drug-likeness (QED) is 0.708. The standard InChI is InChI=1S/C24H31NO3/c1-23(2,3)18-13-17(21(26)19(14-18)24(4,5)6)15-25-20(22(27)28)12-16-10-8-7-9-11-16/h7-11,13-15,20,26H,12H2,1-6H3,(H,27,28)/t20-/m0/s1. The second kappa shape index (κ2) is 8.17. The number of nitrogens with zero attached hydrogens (tertiary/aromatic N) is 1. The third kappa shape index (κ3) is 5.44. The maximum absolute atomic E-state index is 11.7. The molecule has 0 bridgehead atoms. The van der Waals surface area contributed by atoms with Crippen molar-refractivity contribution in [1.82, 2.24) is 0 Å². The molecule has 2 aromatic carbocycles. The van der Waals surface area contributed by atoms with Gasteiger partial charge in [0.1, 0.15) is 5.75 Å². The number of benzene rings is 2. The van der Waals surface area contributed by atoms with Crippen LogP contribution in [0.1, 0.15) is 63.8 Å². The zero-order valence-corrected chi connectivity index (χ0v) is 17.7. The monoisotopic (exact) mass is 381 g/mol. The Morgan fingerprint density at radius 1 is 1.04 bits per heavy atom. The number of aliphatic imine (C=N–C) groups is 1. The summed E-state index contributed by atoms with van der Waals surface area (Å²) in [6, 6.07) is 12.5. The number of aromatic hydroxyl groups is 1. The van der Waals surface area contributed by atoms with Crippen molar-refractivity contribution in [3.8, 4) is 5.75 Å². The molecule has 0 aliphatic rings. The molecule has 0 fully saturated rings. The molecule has 2 N–H and O–H groups in total. The summed E-state index contributed by atoms with van der Waals surface area (Å²) in [6.45, 7) is 12.5. The van der Waals surface area contributed by atoms with E-state index in [0.29, 0.717) is 12.0 Å². The molecule has 0 saturated heterocycles. The number of hydrogen-bond donors (Lipinski definition) is 2. The first-order valence-corrected chi connectivity index (χ1v) is 9.57. The lowest BCUT2D eigenvalue weighted by molar-refractivity contribution is -0.138. The van der Waals surface area contributed by atoms with E-state index in [1.165, 1.54) is 6.21 Å². The number of hydrogen-bond acceptors (Lipinski definition) is 3. The van der Waals surface area contributed by atoms with E-state index in [1.54, 1.807) is 0 Å². The smallest absolute Gasteiger partial charge is 0.328 e. The van der Waals surface area contributed by atoms with Gasteiger partial charge in [-0.05, 0) is 28.0 Å². The van der Waals surface area contributed by atoms with E-state index in [4.69, 9.17) is 0 Å². The lowest BCUT2D eigenvalue weighted by Gasteiger charge is -2.27. The van der Waals surface area contributed by atoms with Gasteiger partial charge in [0.25, 0.3) is 0 Å². The average Bonchev–Trinajstić information content (AvgIpc) is 2.58. The molecular weight excluding hydrogens is 350 g/mol. The summed E-state index contributed by atoms with van der Waals surface area (Å²) in [5.41, 5.74) is 3.02. The van der Waals surface area contributed by atoms with Crippen LogP contribution in [-0.4, -0.2) is 28.4 Å². The van der Waals surface area contributed by atoms with Crippen LogP contribution in [-0.2, 0) is 22.0 Å². The predicted molar refractivity (Wildman–Crippen MR) is 115 cm³/mol. The van der Waals surface area contributed by atoms with Crippen molar-refractivity contribution in [3.63, 3.8) is 0 Å². The van der Waals surface area contributed by atoms with Gasteiger partial charge in [0, 0.05) is 23.8 Å². The molecule has 2 rings (SSSR count). The Morgan fingerprint density at radius 3 is 2.14 bits per heavy atom. The zero-order valence-electron chi connectivity index (χ0n) is 17.7. The minimum Gasteiger partial charge on any atom is -0.507 e. The van der Waals surface area contributed by atoms with Gasteiger partial charge < -0.3 is 10.2 Å². The molecule has 0 aromatic heterocycles. The molecular formula is C24H31NO3. The van der Waals surface area contributed by atoms with Gasteiger partial charge in [-0.3, -0.25) is 4.99 Å². The maximum Gasteiger partial charge on any atom is 0.328 e. The van der Waals surface area contributed by atoms with Crippen molar-refractivity contribution < 1.29 is 15.0 Å². The number of aliphatic carboxylic acids is 1. The van der Waals surface area contributed by atoms with Gasteiger partial charge in [-0.1, -0.05) is 77.9 Å². The topological polar surface area (TPSA) is 69.9 Å². The minimum atomic E-state index is -0.984. The molecule has 0 aliphatic heterocycles. The lowest BCUT2D eigenvalue weighted by atomic mass is 9.79. The second-order valence-electron chi connectivity index (χ2n) is 9.28. The fourth-order valence-corrected chi connectivity index (χ4v) is 2.97. The highest BCUT2D eigenvalue weighted by Gasteiger charge is 2.25. The third-order valence-electron chi connectivity index (χ3n) is 4.76. The largest absolute Gasteiger partial charge is 0.507 e. The molecule has 4 nitrogen and oxygen atoms in total. The molecule has 0 heterocycles. The van der Waals surface area contributed by atoms with Gasteiger partial charge in [-0.25, -0.2) is 4.79 Å². The number of phenols is 1. The molecule has 2 aromatic rings. The number of carboxylic acids is 1. The summed E-state index contributed by atoms with van der Waals surface area (Å²) < 4.78 is 0. The van der Waals surface area contributed by atoms with Gasteiger partial charge in [0.15, 0.2) is 6.04 Å². The SMILES string of the molecule is CC(C)(C)c1cc(C=N[C@@H](Cc2ccccc2)C(=O)O)c(O)c(C(C)(C)C)c1. The molecule has 1 atom stereocenters. The van der Waals surface area contributed by atoms with E-state index in [1.807, 2.05) is 63.2 Å². The van der Waals surface area contributed by atoms with E-state index in [2.05, 4.69) is 25.8 Å². The number of phenolic OH excluding ortho intramolecular Hbond substituents is 1. The summed E-state index contributed by atoms with van der Waals surface area (Å²) in [6.07, 6.45) is 1.81. The third-order valence-corrected chi connectivity index (χ3v) is 4.76. The van der Waals surface area contributed by atoms with Gasteiger partial charge in [-0.15, -0.1) is 0 Å². The molecule has 0 saturated carbocycles. The van der Waals surface area contributed by atoms with Crippen LogP contribution in [0.5, 0.6) is 5.75 Å². The van der Waals surface area contributed by atoms with E-state index >= 15 is 0 Å². The van der Waals surface area contributed by atoms with Crippen LogP contribution < -0.4 is 0 Å². The van der Waals surface area contributed by atoms with Crippen LogP contribution in [0, 0.1) is 0 Å². The van der Waals surface area contributed by atoms with E-state index < -0.39 is 12.0 Å². The predicted octanol–water partition coefficient (Wildman–Crippen LogP) is 5.10. The molecule has 0 spiro atoms. The van der Waals surface area contributed by atoms with Crippen LogP contribution >= 0.6 is 0 Å². The van der Waals surface area contributed by atoms with Crippen LogP contribution in [0.4, 0.5) is 0 Å². The van der Waals surface area contributed by atoms with E-state index in [9.17, 15) is 15.0 Å². The van der Waals surface area contributed by atoms with Gasteiger partial charge in [0.05, 0.1) is 0 Å². The molecule has 150 valence electrons. The Hall–Kier alpha value is -2.62. The van der Waals surface area contributed by atoms with Crippen molar-refractivity contribution in [3.05, 3.63) is 64.7 Å². The first kappa shape index (κ1) is 21.7. The summed E-state index contributed by atoms with van der Waals surface area (Å²) in [7, 11) is 0. The van der Waals surface area contributed by atoms with Crippen molar-refractivity contribution in [2.45, 2.75) is 64.8 Å². The highest BCUT2D eigenvalue weighted by atomic mass is 16.4. The normalized spacial score (nSPS) is 13.6. The van der Waals surface area contributed by atoms with Crippen molar-refractivity contribution >= 4 is 12.2 Å². The van der Waals surface area contributed by atoms with Crippen molar-refractivity contribution in [1.29, 1.82) is 0 Å². The molecule has 28 heavy (non-hydrogen) atoms. The lowest BCUT2D eigenvalue weighted by Crippen LogP contribution is -2.21. The van der Waals surface area contributed by atoms with Gasteiger partial charge >= 0.3 is 5.97 Å². The highest BCUT2D eigenvalue weighted by Crippen LogP contribution is 2.37. The van der Waals surface area contributed by atoms with Crippen LogP contribution in [0.2, 0.25) is 0 Å². The Labute approximate surface area is 168 Å². The zero-order chi connectivity index (χ0) is 21.1. The second-order valence-corrected chi connectivity index (χ2v) is 9.28. The van der Waals surface area contributed by atoms with Crippen molar-refractivity contribution in [2.75, 3.05) is 0 Å². The first-order valence-electron chi connectivity index (χ1n) is 9.57. The first-order chi connectivity index (χ1) is 12.9. The number of carbonyl (C=O) groups is 1. The average molecular weight is 382 g/mol. The Morgan fingerprint density at radius 2 is 1.64 bits per heavy atom. The Balaban J connectivity index is 2.46. The minimum absolute atomic E-state index is 0.105. The summed E-state index contributed by atoms with van der Waals surface area (Å²) >= 11 is 0. The maximum atomic E-state index is 11.7. The molecule has 0 aliphatic carbocycles. The van der Waals surface area contributed by atoms with Crippen LogP contribution in [0.25, 0.3) is 0 Å². The molecule has 0 unspecified atom stereocenters. The highest BCUT2D eigenvalue weighted by molar-refractivity contribution is 5.87. The van der Waals surface area contributed by atoms with Gasteiger partial charge in [0.2, 0.25) is 0 Å². The van der Waals surface area contributed by atoms with Crippen molar-refractivity contribution in [2.24, 2.45) is 4.99 Å². The summed E-state index contributed by atoms with van der Waals surface area (Å²) in [5.74, 6) is -0.823. The summed E-state index contributed by atoms with van der Waals surface area (Å²) in [4.78, 5) is 16.0. The van der Waals surface area contributed by atoms with Gasteiger partial charge in [-0.2, -0.15) is 0 Å². The Bertz CT molecular complexity index is 856. The summed E-state index contributed by atoms with van der Waals surface area (Å²) in [5, 5.41) is 20.4. The molecule has 0 amide bonds. The number of rotatable bonds is 5. The van der Waals surface area contributed by atoms with E-state index in [0.717, 1.165) is 16.7 Å². The van der Waals surface area contributed by atoms with Crippen LogP contribution in [0.3, 0.4) is 0 Å². The molecule has 0 radical (unpaired) electrons. The number of carboxylic acid groups (broad SMARTS) is 1. The van der Waals surface area contributed by atoms with Crippen LogP contribution in [0.15, 0.2) is 47.5 Å². The van der Waals surface area contributed by atoms with E-state index in [-0.39, 0.29) is 16.6 Å². The Kier molecular flexibility index (Phi) is 6.33. The fraction of sp³-hybridized carbons (Fsp3) is 0.417. The fourth-order valence-electron chi connectivity index (χ4n) is 2.97.